The quantitative estimate of drug-likeness (QED) is 0.406. The summed E-state index contributed by atoms with van der Waals surface area (Å²) in [5.74, 6) is 3.29. The van der Waals surface area contributed by atoms with Gasteiger partial charge in [-0.15, -0.1) is 0 Å². The number of methoxy groups -OCH3 is 3. The van der Waals surface area contributed by atoms with E-state index in [0.717, 1.165) is 33.8 Å². The minimum absolute atomic E-state index is 0.265. The second-order valence-electron chi connectivity index (χ2n) is 7.45. The van der Waals surface area contributed by atoms with Crippen molar-refractivity contribution in [2.24, 2.45) is 0 Å². The van der Waals surface area contributed by atoms with Crippen LogP contribution in [-0.4, -0.2) is 27.9 Å². The molecule has 33 heavy (non-hydrogen) atoms. The first kappa shape index (κ1) is 22.3. The molecule has 0 fully saturated rings. The normalized spacial score (nSPS) is 14.8. The monoisotopic (exact) mass is 444 g/mol. The van der Waals surface area contributed by atoms with Crippen molar-refractivity contribution in [1.29, 1.82) is 0 Å². The Kier molecular flexibility index (Phi) is 6.89. The van der Waals surface area contributed by atoms with Gasteiger partial charge in [0.2, 0.25) is 5.75 Å². The van der Waals surface area contributed by atoms with Gasteiger partial charge in [-0.3, -0.25) is 0 Å². The van der Waals surface area contributed by atoms with Crippen molar-refractivity contribution in [2.45, 2.75) is 13.0 Å². The van der Waals surface area contributed by atoms with Crippen LogP contribution in [0.15, 0.2) is 72.3 Å². The Labute approximate surface area is 194 Å². The van der Waals surface area contributed by atoms with E-state index in [9.17, 15) is 0 Å². The molecule has 170 valence electrons. The predicted molar refractivity (Wildman–Crippen MR) is 131 cm³/mol. The summed E-state index contributed by atoms with van der Waals surface area (Å²) >= 11 is 0. The molecule has 0 amide bonds. The van der Waals surface area contributed by atoms with Crippen molar-refractivity contribution in [3.8, 4) is 28.7 Å². The van der Waals surface area contributed by atoms with Gasteiger partial charge in [-0.1, -0.05) is 54.6 Å². The Morgan fingerprint density at radius 1 is 0.818 bits per heavy atom. The number of ether oxygens (including phenoxy) is 5. The summed E-state index contributed by atoms with van der Waals surface area (Å²) in [6.45, 7) is 2.55. The zero-order chi connectivity index (χ0) is 23.2. The fourth-order valence-electron chi connectivity index (χ4n) is 3.90. The number of fused-ring (bicyclic) bond motifs is 1. The van der Waals surface area contributed by atoms with Gasteiger partial charge >= 0.3 is 0 Å². The molecule has 3 aromatic carbocycles. The van der Waals surface area contributed by atoms with Gasteiger partial charge in [-0.25, -0.2) is 0 Å². The molecule has 0 aromatic heterocycles. The average molecular weight is 445 g/mol. The maximum Gasteiger partial charge on any atom is 0.203 e. The molecule has 1 unspecified atom stereocenters. The zero-order valence-electron chi connectivity index (χ0n) is 19.3. The molecule has 0 saturated heterocycles. The van der Waals surface area contributed by atoms with Gasteiger partial charge in [0.1, 0.15) is 6.10 Å². The standard InChI is InChI=1S/C28H28O5/c1-5-32-23-13-9-12-21-18-22(26(33-27(21)23)20-10-7-6-8-11-20)15-14-19-16-24(29-2)28(31-4)25(17-19)30-3/h6-18,26H,5H2,1-4H3/b15-14+. The smallest absolute Gasteiger partial charge is 0.203 e. The molecule has 5 nitrogen and oxygen atoms in total. The zero-order valence-corrected chi connectivity index (χ0v) is 19.3. The molecule has 0 bridgehead atoms. The van der Waals surface area contributed by atoms with Crippen LogP contribution in [0.2, 0.25) is 0 Å². The first-order valence-corrected chi connectivity index (χ1v) is 10.9. The lowest BCUT2D eigenvalue weighted by atomic mass is 9.95. The average Bonchev–Trinajstić information content (AvgIpc) is 2.87. The highest BCUT2D eigenvalue weighted by molar-refractivity contribution is 5.72. The third-order valence-corrected chi connectivity index (χ3v) is 5.43. The van der Waals surface area contributed by atoms with Crippen molar-refractivity contribution < 1.29 is 23.7 Å². The van der Waals surface area contributed by atoms with E-state index in [2.05, 4.69) is 24.3 Å². The van der Waals surface area contributed by atoms with Crippen LogP contribution >= 0.6 is 0 Å². The number of hydrogen-bond donors (Lipinski definition) is 0. The molecule has 3 aromatic rings. The van der Waals surface area contributed by atoms with Crippen LogP contribution in [0.3, 0.4) is 0 Å². The molecule has 0 N–H and O–H groups in total. The topological polar surface area (TPSA) is 46.2 Å². The Hall–Kier alpha value is -3.86. The lowest BCUT2D eigenvalue weighted by Crippen LogP contribution is -2.14. The Balaban J connectivity index is 1.77. The Morgan fingerprint density at radius 2 is 1.55 bits per heavy atom. The third kappa shape index (κ3) is 4.67. The van der Waals surface area contributed by atoms with Gasteiger partial charge in [0.25, 0.3) is 0 Å². The van der Waals surface area contributed by atoms with E-state index in [-0.39, 0.29) is 6.10 Å². The van der Waals surface area contributed by atoms with E-state index >= 15 is 0 Å². The lowest BCUT2D eigenvalue weighted by Gasteiger charge is -2.28. The van der Waals surface area contributed by atoms with Crippen LogP contribution in [-0.2, 0) is 0 Å². The maximum absolute atomic E-state index is 6.52. The summed E-state index contributed by atoms with van der Waals surface area (Å²) in [5.41, 5.74) is 4.00. The lowest BCUT2D eigenvalue weighted by molar-refractivity contribution is 0.223. The minimum atomic E-state index is -0.265. The van der Waals surface area contributed by atoms with E-state index in [1.807, 2.05) is 61.5 Å². The van der Waals surface area contributed by atoms with Crippen LogP contribution in [0, 0.1) is 0 Å². The van der Waals surface area contributed by atoms with E-state index in [1.54, 1.807) is 21.3 Å². The van der Waals surface area contributed by atoms with Gasteiger partial charge < -0.3 is 23.7 Å². The van der Waals surface area contributed by atoms with Crippen LogP contribution in [0.5, 0.6) is 28.7 Å². The van der Waals surface area contributed by atoms with Crippen LogP contribution in [0.4, 0.5) is 0 Å². The van der Waals surface area contributed by atoms with E-state index in [1.165, 1.54) is 0 Å². The summed E-state index contributed by atoms with van der Waals surface area (Å²) in [5, 5.41) is 0. The SMILES string of the molecule is CCOc1cccc2c1OC(c1ccccc1)C(/C=C/c1cc(OC)c(OC)c(OC)c1)=C2. The Bertz CT molecular complexity index is 1140. The largest absolute Gasteiger partial charge is 0.493 e. The highest BCUT2D eigenvalue weighted by Gasteiger charge is 2.25. The number of hydrogen-bond acceptors (Lipinski definition) is 5. The third-order valence-electron chi connectivity index (χ3n) is 5.43. The van der Waals surface area contributed by atoms with Gasteiger partial charge in [0.15, 0.2) is 23.0 Å². The summed E-state index contributed by atoms with van der Waals surface area (Å²) in [7, 11) is 4.82. The second kappa shape index (κ2) is 10.2. The molecule has 1 atom stereocenters. The summed E-state index contributed by atoms with van der Waals surface area (Å²) < 4.78 is 28.7. The first-order chi connectivity index (χ1) is 16.2. The van der Waals surface area contributed by atoms with Gasteiger partial charge in [-0.05, 0) is 47.9 Å². The molecule has 5 heteroatoms. The van der Waals surface area contributed by atoms with Crippen molar-refractivity contribution in [2.75, 3.05) is 27.9 Å². The van der Waals surface area contributed by atoms with E-state index in [0.29, 0.717) is 23.9 Å². The van der Waals surface area contributed by atoms with Crippen molar-refractivity contribution >= 4 is 12.2 Å². The first-order valence-electron chi connectivity index (χ1n) is 10.9. The molecular weight excluding hydrogens is 416 g/mol. The second-order valence-corrected chi connectivity index (χ2v) is 7.45. The number of benzene rings is 3. The molecule has 1 aliphatic heterocycles. The highest BCUT2D eigenvalue weighted by Crippen LogP contribution is 2.44. The van der Waals surface area contributed by atoms with Crippen molar-refractivity contribution in [3.63, 3.8) is 0 Å². The van der Waals surface area contributed by atoms with Crippen molar-refractivity contribution in [3.05, 3.63) is 89.0 Å². The highest BCUT2D eigenvalue weighted by atomic mass is 16.5. The molecule has 4 rings (SSSR count). The molecule has 0 saturated carbocycles. The summed E-state index contributed by atoms with van der Waals surface area (Å²) in [6.07, 6.45) is 5.97. The number of rotatable bonds is 8. The van der Waals surface area contributed by atoms with Gasteiger partial charge in [0, 0.05) is 5.56 Å². The molecular formula is C28H28O5. The maximum atomic E-state index is 6.52. The van der Waals surface area contributed by atoms with Crippen LogP contribution < -0.4 is 23.7 Å². The molecule has 1 aliphatic rings. The fraction of sp³-hybridized carbons (Fsp3) is 0.214. The van der Waals surface area contributed by atoms with E-state index < -0.39 is 0 Å². The summed E-state index contributed by atoms with van der Waals surface area (Å²) in [6, 6.07) is 20.0. The Morgan fingerprint density at radius 3 is 2.18 bits per heavy atom. The van der Waals surface area contributed by atoms with Crippen LogP contribution in [0.1, 0.15) is 29.7 Å². The minimum Gasteiger partial charge on any atom is -0.493 e. The van der Waals surface area contributed by atoms with Crippen molar-refractivity contribution in [1.82, 2.24) is 0 Å². The predicted octanol–water partition coefficient (Wildman–Crippen LogP) is 6.34. The fourth-order valence-corrected chi connectivity index (χ4v) is 3.90. The number of para-hydroxylation sites is 1. The molecule has 0 spiro atoms. The van der Waals surface area contributed by atoms with Gasteiger partial charge in [0.05, 0.1) is 27.9 Å². The molecule has 0 aliphatic carbocycles. The molecule has 1 heterocycles. The summed E-state index contributed by atoms with van der Waals surface area (Å²) in [4.78, 5) is 0. The molecule has 0 radical (unpaired) electrons. The van der Waals surface area contributed by atoms with Crippen LogP contribution in [0.25, 0.3) is 12.2 Å². The van der Waals surface area contributed by atoms with Gasteiger partial charge in [-0.2, -0.15) is 0 Å². The van der Waals surface area contributed by atoms with E-state index in [4.69, 9.17) is 23.7 Å².